The van der Waals surface area contributed by atoms with E-state index in [2.05, 4.69) is 4.98 Å². The summed E-state index contributed by atoms with van der Waals surface area (Å²) < 4.78 is 0. The van der Waals surface area contributed by atoms with Crippen molar-refractivity contribution in [2.24, 2.45) is 0 Å². The summed E-state index contributed by atoms with van der Waals surface area (Å²) in [5, 5.41) is 11.1. The number of aromatic carboxylic acids is 1. The van der Waals surface area contributed by atoms with Crippen LogP contribution >= 0.6 is 11.8 Å². The maximum absolute atomic E-state index is 11.0. The minimum absolute atomic E-state index is 0.234. The normalized spacial score (nSPS) is 10.8. The van der Waals surface area contributed by atoms with Crippen LogP contribution in [-0.2, 0) is 0 Å². The highest BCUT2D eigenvalue weighted by atomic mass is 32.2. The van der Waals surface area contributed by atoms with Gasteiger partial charge in [0.25, 0.3) is 0 Å². The van der Waals surface area contributed by atoms with Crippen LogP contribution in [0.5, 0.6) is 0 Å². The highest BCUT2D eigenvalue weighted by Crippen LogP contribution is 2.33. The van der Waals surface area contributed by atoms with E-state index in [1.54, 1.807) is 12.1 Å². The van der Waals surface area contributed by atoms with E-state index >= 15 is 0 Å². The van der Waals surface area contributed by atoms with Crippen LogP contribution in [0.1, 0.15) is 10.4 Å². The lowest BCUT2D eigenvalue weighted by atomic mass is 10.2. The molecule has 0 fully saturated rings. The van der Waals surface area contributed by atoms with Gasteiger partial charge in [0.1, 0.15) is 0 Å². The Bertz CT molecular complexity index is 762. The van der Waals surface area contributed by atoms with Crippen molar-refractivity contribution in [1.82, 2.24) is 4.98 Å². The molecule has 0 atom stereocenters. The lowest BCUT2D eigenvalue weighted by Crippen LogP contribution is -1.98. The van der Waals surface area contributed by atoms with Crippen LogP contribution in [0.4, 0.5) is 5.69 Å². The summed E-state index contributed by atoms with van der Waals surface area (Å²) in [6.45, 7) is 0. The number of anilines is 1. The van der Waals surface area contributed by atoms with Crippen molar-refractivity contribution >= 4 is 34.3 Å². The molecule has 0 saturated heterocycles. The van der Waals surface area contributed by atoms with E-state index in [-0.39, 0.29) is 5.56 Å². The fourth-order valence-electron chi connectivity index (χ4n) is 1.98. The lowest BCUT2D eigenvalue weighted by Gasteiger charge is -2.05. The van der Waals surface area contributed by atoms with Crippen LogP contribution < -0.4 is 5.73 Å². The average Bonchev–Trinajstić information content (AvgIpc) is 2.83. The molecule has 1 aromatic heterocycles. The molecule has 3 rings (SSSR count). The number of nitrogens with one attached hydrogen (secondary N) is 1. The smallest absolute Gasteiger partial charge is 0.335 e. The Morgan fingerprint density at radius 2 is 1.95 bits per heavy atom. The summed E-state index contributed by atoms with van der Waals surface area (Å²) >= 11 is 1.43. The van der Waals surface area contributed by atoms with E-state index in [1.807, 2.05) is 30.3 Å². The first-order valence-corrected chi connectivity index (χ1v) is 6.83. The van der Waals surface area contributed by atoms with Gasteiger partial charge in [-0.15, -0.1) is 0 Å². The van der Waals surface area contributed by atoms with Crippen molar-refractivity contribution in [3.05, 3.63) is 54.1 Å². The fraction of sp³-hybridized carbons (Fsp3) is 0. The summed E-state index contributed by atoms with van der Waals surface area (Å²) in [5.41, 5.74) is 7.75. The number of H-pyrrole nitrogens is 1. The Balaban J connectivity index is 1.97. The molecule has 0 aliphatic heterocycles. The molecule has 0 saturated carbocycles. The number of para-hydroxylation sites is 1. The van der Waals surface area contributed by atoms with Gasteiger partial charge in [0, 0.05) is 21.5 Å². The number of hydrogen-bond donors (Lipinski definition) is 3. The van der Waals surface area contributed by atoms with Crippen molar-refractivity contribution in [2.45, 2.75) is 9.92 Å². The van der Waals surface area contributed by atoms with E-state index in [0.717, 1.165) is 20.8 Å². The standard InChI is InChI=1S/C15H12N2O2S/c16-11-6-5-10(15(18)19)7-13(11)20-14-8-9-3-1-2-4-12(9)17-14/h1-8,17H,16H2,(H,18,19). The Labute approximate surface area is 119 Å². The molecule has 0 aliphatic carbocycles. The lowest BCUT2D eigenvalue weighted by molar-refractivity contribution is 0.0696. The number of nitrogens with two attached hydrogens (primary N) is 1. The van der Waals surface area contributed by atoms with Crippen LogP contribution in [0.2, 0.25) is 0 Å². The molecule has 1 heterocycles. The monoisotopic (exact) mass is 284 g/mol. The van der Waals surface area contributed by atoms with Crippen molar-refractivity contribution in [2.75, 3.05) is 5.73 Å². The zero-order valence-corrected chi connectivity index (χ0v) is 11.3. The van der Waals surface area contributed by atoms with E-state index < -0.39 is 5.97 Å². The molecule has 0 unspecified atom stereocenters. The van der Waals surface area contributed by atoms with Gasteiger partial charge in [-0.05, 0) is 30.3 Å². The number of rotatable bonds is 3. The minimum atomic E-state index is -0.955. The highest BCUT2D eigenvalue weighted by Gasteiger charge is 2.09. The maximum atomic E-state index is 11.0. The van der Waals surface area contributed by atoms with Crippen molar-refractivity contribution in [1.29, 1.82) is 0 Å². The molecular weight excluding hydrogens is 272 g/mol. The Hall–Kier alpha value is -2.40. The van der Waals surface area contributed by atoms with Gasteiger partial charge in [-0.25, -0.2) is 4.79 Å². The number of nitrogen functional groups attached to an aromatic ring is 1. The van der Waals surface area contributed by atoms with Crippen molar-refractivity contribution in [3.63, 3.8) is 0 Å². The van der Waals surface area contributed by atoms with E-state index in [0.29, 0.717) is 5.69 Å². The summed E-state index contributed by atoms with van der Waals surface area (Å²) in [6.07, 6.45) is 0. The van der Waals surface area contributed by atoms with Gasteiger partial charge in [-0.1, -0.05) is 30.0 Å². The third-order valence-electron chi connectivity index (χ3n) is 2.99. The van der Waals surface area contributed by atoms with Crippen LogP contribution in [0, 0.1) is 0 Å². The van der Waals surface area contributed by atoms with Crippen LogP contribution in [-0.4, -0.2) is 16.1 Å². The quantitative estimate of drug-likeness (QED) is 0.642. The molecule has 0 aliphatic rings. The second kappa shape index (κ2) is 4.94. The molecular formula is C15H12N2O2S. The Kier molecular flexibility index (Phi) is 3.12. The van der Waals surface area contributed by atoms with Gasteiger partial charge in [0.2, 0.25) is 0 Å². The fourth-order valence-corrected chi connectivity index (χ4v) is 2.93. The van der Waals surface area contributed by atoms with Crippen LogP contribution in [0.15, 0.2) is 58.5 Å². The first-order chi connectivity index (χ1) is 9.63. The summed E-state index contributed by atoms with van der Waals surface area (Å²) in [6, 6.07) is 14.7. The molecule has 0 bridgehead atoms. The van der Waals surface area contributed by atoms with E-state index in [1.165, 1.54) is 17.8 Å². The zero-order chi connectivity index (χ0) is 14.1. The molecule has 3 aromatic rings. The number of carboxylic acids is 1. The van der Waals surface area contributed by atoms with Gasteiger partial charge >= 0.3 is 5.97 Å². The summed E-state index contributed by atoms with van der Waals surface area (Å²) in [7, 11) is 0. The van der Waals surface area contributed by atoms with Gasteiger partial charge < -0.3 is 15.8 Å². The number of carbonyl (C=O) groups is 1. The first-order valence-electron chi connectivity index (χ1n) is 6.02. The molecule has 0 radical (unpaired) electrons. The molecule has 2 aromatic carbocycles. The van der Waals surface area contributed by atoms with Crippen molar-refractivity contribution in [3.8, 4) is 0 Å². The van der Waals surface area contributed by atoms with E-state index in [9.17, 15) is 4.79 Å². The Morgan fingerprint density at radius 3 is 2.70 bits per heavy atom. The minimum Gasteiger partial charge on any atom is -0.478 e. The van der Waals surface area contributed by atoms with Crippen LogP contribution in [0.25, 0.3) is 10.9 Å². The third kappa shape index (κ3) is 2.35. The zero-order valence-electron chi connectivity index (χ0n) is 10.5. The number of carboxylic acid groups (broad SMARTS) is 1. The average molecular weight is 284 g/mol. The summed E-state index contributed by atoms with van der Waals surface area (Å²) in [4.78, 5) is 15.0. The third-order valence-corrected chi connectivity index (χ3v) is 4.00. The highest BCUT2D eigenvalue weighted by molar-refractivity contribution is 7.99. The molecule has 4 nitrogen and oxygen atoms in total. The largest absolute Gasteiger partial charge is 0.478 e. The second-order valence-electron chi connectivity index (χ2n) is 4.38. The number of benzene rings is 2. The van der Waals surface area contributed by atoms with Crippen molar-refractivity contribution < 1.29 is 9.90 Å². The van der Waals surface area contributed by atoms with Gasteiger partial charge in [-0.2, -0.15) is 0 Å². The maximum Gasteiger partial charge on any atom is 0.335 e. The molecule has 0 spiro atoms. The van der Waals surface area contributed by atoms with Gasteiger partial charge in [0.15, 0.2) is 0 Å². The molecule has 5 heteroatoms. The van der Waals surface area contributed by atoms with Gasteiger partial charge in [0.05, 0.1) is 10.6 Å². The number of aromatic amines is 1. The number of hydrogen-bond acceptors (Lipinski definition) is 3. The predicted molar refractivity (Wildman–Crippen MR) is 80.2 cm³/mol. The first kappa shape index (κ1) is 12.6. The summed E-state index contributed by atoms with van der Waals surface area (Å²) in [5.74, 6) is -0.955. The molecule has 20 heavy (non-hydrogen) atoms. The molecule has 0 amide bonds. The molecule has 100 valence electrons. The Morgan fingerprint density at radius 1 is 1.15 bits per heavy atom. The van der Waals surface area contributed by atoms with Crippen LogP contribution in [0.3, 0.4) is 0 Å². The SMILES string of the molecule is Nc1ccc(C(=O)O)cc1Sc1cc2ccccc2[nH]1. The van der Waals surface area contributed by atoms with Gasteiger partial charge in [-0.3, -0.25) is 0 Å². The number of fused-ring (bicyclic) bond motifs is 1. The number of aromatic nitrogens is 1. The second-order valence-corrected chi connectivity index (χ2v) is 5.46. The van der Waals surface area contributed by atoms with E-state index in [4.69, 9.17) is 10.8 Å². The predicted octanol–water partition coefficient (Wildman–Crippen LogP) is 3.60. The molecule has 4 N–H and O–H groups in total. The topological polar surface area (TPSA) is 79.1 Å².